The molecule has 0 aliphatic heterocycles. The predicted molar refractivity (Wildman–Crippen MR) is 64.9 cm³/mol. The first-order valence-corrected chi connectivity index (χ1v) is 5.12. The number of hydrogen-bond acceptors (Lipinski definition) is 2. The molecule has 0 radical (unpaired) electrons. The van der Waals surface area contributed by atoms with Crippen LogP contribution in [0.1, 0.15) is 22.8 Å². The third-order valence-electron chi connectivity index (χ3n) is 2.15. The number of aryl methyl sites for hydroxylation is 1. The van der Waals surface area contributed by atoms with Crippen LogP contribution in [0.4, 0.5) is 0 Å². The van der Waals surface area contributed by atoms with E-state index in [1.807, 2.05) is 26.0 Å². The zero-order chi connectivity index (χ0) is 12.1. The second-order valence-electron chi connectivity index (χ2n) is 3.84. The minimum Gasteiger partial charge on any atom is -0.496 e. The molecule has 16 heavy (non-hydrogen) atoms. The molecular weight excluding hydrogens is 202 g/mol. The molecule has 1 aromatic carbocycles. The van der Waals surface area contributed by atoms with Gasteiger partial charge in [0.05, 0.1) is 12.7 Å². The fourth-order valence-corrected chi connectivity index (χ4v) is 1.33. The maximum absolute atomic E-state index is 11.8. The van der Waals surface area contributed by atoms with Crippen molar-refractivity contribution in [2.75, 3.05) is 13.7 Å². The van der Waals surface area contributed by atoms with Crippen LogP contribution in [0.5, 0.6) is 5.75 Å². The van der Waals surface area contributed by atoms with Crippen molar-refractivity contribution in [2.24, 2.45) is 0 Å². The molecule has 0 aromatic heterocycles. The number of amides is 1. The van der Waals surface area contributed by atoms with Crippen LogP contribution in [0.25, 0.3) is 0 Å². The van der Waals surface area contributed by atoms with E-state index in [9.17, 15) is 4.79 Å². The fraction of sp³-hybridized carbons (Fsp3) is 0.308. The molecular formula is C13H17NO2. The van der Waals surface area contributed by atoms with Gasteiger partial charge in [-0.2, -0.15) is 0 Å². The van der Waals surface area contributed by atoms with E-state index < -0.39 is 0 Å². The topological polar surface area (TPSA) is 38.3 Å². The SMILES string of the molecule is C=C(C)CNC(=O)c1cc(C)ccc1OC. The molecule has 0 saturated heterocycles. The van der Waals surface area contributed by atoms with Gasteiger partial charge in [-0.05, 0) is 26.0 Å². The Labute approximate surface area is 96.1 Å². The molecule has 0 spiro atoms. The molecule has 0 aliphatic rings. The molecule has 0 fully saturated rings. The molecule has 3 heteroatoms. The van der Waals surface area contributed by atoms with Gasteiger partial charge < -0.3 is 10.1 Å². The second kappa shape index (κ2) is 5.35. The average Bonchev–Trinajstić information content (AvgIpc) is 2.25. The lowest BCUT2D eigenvalue weighted by atomic mass is 10.1. The largest absolute Gasteiger partial charge is 0.496 e. The van der Waals surface area contributed by atoms with Gasteiger partial charge in [0.2, 0.25) is 0 Å². The van der Waals surface area contributed by atoms with Crippen molar-refractivity contribution < 1.29 is 9.53 Å². The predicted octanol–water partition coefficient (Wildman–Crippen LogP) is 2.31. The molecule has 1 amide bonds. The smallest absolute Gasteiger partial charge is 0.255 e. The minimum absolute atomic E-state index is 0.136. The lowest BCUT2D eigenvalue weighted by Crippen LogP contribution is -2.25. The standard InChI is InChI=1S/C13H17NO2/c1-9(2)8-14-13(15)11-7-10(3)5-6-12(11)16-4/h5-7H,1,8H2,2-4H3,(H,14,15). The first-order chi connectivity index (χ1) is 7.54. The summed E-state index contributed by atoms with van der Waals surface area (Å²) in [5, 5.41) is 2.78. The summed E-state index contributed by atoms with van der Waals surface area (Å²) in [6.45, 7) is 8.03. The van der Waals surface area contributed by atoms with Gasteiger partial charge in [0.1, 0.15) is 5.75 Å². The molecule has 0 unspecified atom stereocenters. The van der Waals surface area contributed by atoms with Gasteiger partial charge in [0.15, 0.2) is 0 Å². The summed E-state index contributed by atoms with van der Waals surface area (Å²) in [6, 6.07) is 5.52. The Morgan fingerprint density at radius 2 is 2.19 bits per heavy atom. The Morgan fingerprint density at radius 1 is 1.50 bits per heavy atom. The van der Waals surface area contributed by atoms with E-state index in [0.29, 0.717) is 17.9 Å². The van der Waals surface area contributed by atoms with E-state index in [4.69, 9.17) is 4.74 Å². The molecule has 0 saturated carbocycles. The van der Waals surface area contributed by atoms with Crippen LogP contribution in [0, 0.1) is 6.92 Å². The molecule has 1 rings (SSSR count). The number of ether oxygens (including phenoxy) is 1. The van der Waals surface area contributed by atoms with E-state index in [-0.39, 0.29) is 5.91 Å². The highest BCUT2D eigenvalue weighted by atomic mass is 16.5. The molecule has 1 N–H and O–H groups in total. The van der Waals surface area contributed by atoms with Crippen LogP contribution in [-0.2, 0) is 0 Å². The zero-order valence-corrected chi connectivity index (χ0v) is 9.96. The Bertz CT molecular complexity index is 410. The van der Waals surface area contributed by atoms with Gasteiger partial charge in [-0.1, -0.05) is 23.8 Å². The summed E-state index contributed by atoms with van der Waals surface area (Å²) in [4.78, 5) is 11.8. The van der Waals surface area contributed by atoms with E-state index in [1.54, 1.807) is 13.2 Å². The van der Waals surface area contributed by atoms with Crippen molar-refractivity contribution in [1.29, 1.82) is 0 Å². The highest BCUT2D eigenvalue weighted by molar-refractivity contribution is 5.97. The average molecular weight is 219 g/mol. The molecule has 0 bridgehead atoms. The number of carbonyl (C=O) groups is 1. The van der Waals surface area contributed by atoms with Crippen molar-refractivity contribution >= 4 is 5.91 Å². The quantitative estimate of drug-likeness (QED) is 0.789. The van der Waals surface area contributed by atoms with Crippen molar-refractivity contribution in [3.63, 3.8) is 0 Å². The van der Waals surface area contributed by atoms with E-state index in [1.165, 1.54) is 0 Å². The number of rotatable bonds is 4. The van der Waals surface area contributed by atoms with Crippen LogP contribution >= 0.6 is 0 Å². The molecule has 3 nitrogen and oxygen atoms in total. The van der Waals surface area contributed by atoms with Crippen molar-refractivity contribution in [3.8, 4) is 5.75 Å². The van der Waals surface area contributed by atoms with Crippen LogP contribution in [0.2, 0.25) is 0 Å². The van der Waals surface area contributed by atoms with Gasteiger partial charge in [-0.25, -0.2) is 0 Å². The van der Waals surface area contributed by atoms with Gasteiger partial charge in [-0.15, -0.1) is 0 Å². The minimum atomic E-state index is -0.136. The summed E-state index contributed by atoms with van der Waals surface area (Å²) in [5.41, 5.74) is 2.50. The molecule has 0 aliphatic carbocycles. The Kier molecular flexibility index (Phi) is 4.11. The summed E-state index contributed by atoms with van der Waals surface area (Å²) >= 11 is 0. The third-order valence-corrected chi connectivity index (χ3v) is 2.15. The Morgan fingerprint density at radius 3 is 2.75 bits per heavy atom. The highest BCUT2D eigenvalue weighted by Gasteiger charge is 2.11. The highest BCUT2D eigenvalue weighted by Crippen LogP contribution is 2.19. The van der Waals surface area contributed by atoms with Gasteiger partial charge in [0, 0.05) is 6.54 Å². The summed E-state index contributed by atoms with van der Waals surface area (Å²) < 4.78 is 5.15. The van der Waals surface area contributed by atoms with Gasteiger partial charge in [-0.3, -0.25) is 4.79 Å². The first kappa shape index (κ1) is 12.3. The van der Waals surface area contributed by atoms with E-state index in [2.05, 4.69) is 11.9 Å². The third kappa shape index (κ3) is 3.12. The Balaban J connectivity index is 2.88. The first-order valence-electron chi connectivity index (χ1n) is 5.12. The monoisotopic (exact) mass is 219 g/mol. The van der Waals surface area contributed by atoms with Crippen LogP contribution < -0.4 is 10.1 Å². The maximum Gasteiger partial charge on any atom is 0.255 e. The molecule has 86 valence electrons. The summed E-state index contributed by atoms with van der Waals surface area (Å²) in [5.74, 6) is 0.452. The van der Waals surface area contributed by atoms with E-state index in [0.717, 1.165) is 11.1 Å². The zero-order valence-electron chi connectivity index (χ0n) is 9.96. The Hall–Kier alpha value is -1.77. The van der Waals surface area contributed by atoms with Crippen molar-refractivity contribution in [1.82, 2.24) is 5.32 Å². The second-order valence-corrected chi connectivity index (χ2v) is 3.84. The number of carbonyl (C=O) groups excluding carboxylic acids is 1. The lowest BCUT2D eigenvalue weighted by molar-refractivity contribution is 0.0954. The molecule has 1 aromatic rings. The van der Waals surface area contributed by atoms with Crippen LogP contribution in [0.15, 0.2) is 30.4 Å². The van der Waals surface area contributed by atoms with Gasteiger partial charge in [0.25, 0.3) is 5.91 Å². The molecule has 0 atom stereocenters. The number of methoxy groups -OCH3 is 1. The van der Waals surface area contributed by atoms with Crippen molar-refractivity contribution in [2.45, 2.75) is 13.8 Å². The number of benzene rings is 1. The van der Waals surface area contributed by atoms with Crippen molar-refractivity contribution in [3.05, 3.63) is 41.5 Å². The molecule has 0 heterocycles. The number of hydrogen-bond donors (Lipinski definition) is 1. The normalized spacial score (nSPS) is 9.69. The summed E-state index contributed by atoms with van der Waals surface area (Å²) in [7, 11) is 1.56. The van der Waals surface area contributed by atoms with E-state index >= 15 is 0 Å². The van der Waals surface area contributed by atoms with Gasteiger partial charge >= 0.3 is 0 Å². The maximum atomic E-state index is 11.8. The summed E-state index contributed by atoms with van der Waals surface area (Å²) in [6.07, 6.45) is 0. The number of nitrogens with one attached hydrogen (secondary N) is 1. The lowest BCUT2D eigenvalue weighted by Gasteiger charge is -2.09. The van der Waals surface area contributed by atoms with Crippen LogP contribution in [-0.4, -0.2) is 19.6 Å². The van der Waals surface area contributed by atoms with Crippen LogP contribution in [0.3, 0.4) is 0 Å². The fourth-order valence-electron chi connectivity index (χ4n) is 1.33.